The lowest BCUT2D eigenvalue weighted by Crippen LogP contribution is -2.43. The molecule has 3 rings (SSSR count). The Labute approximate surface area is 140 Å². The van der Waals surface area contributed by atoms with Crippen LogP contribution in [0.15, 0.2) is 48.8 Å². The summed E-state index contributed by atoms with van der Waals surface area (Å²) >= 11 is 0. The fourth-order valence-corrected chi connectivity index (χ4v) is 3.25. The Bertz CT molecular complexity index is 677. The van der Waals surface area contributed by atoms with Crippen molar-refractivity contribution in [2.24, 2.45) is 5.92 Å². The van der Waals surface area contributed by atoms with Crippen molar-refractivity contribution >= 4 is 11.9 Å². The van der Waals surface area contributed by atoms with Crippen LogP contribution in [0.2, 0.25) is 0 Å². The number of piperidine rings is 1. The van der Waals surface area contributed by atoms with Crippen LogP contribution in [0.25, 0.3) is 0 Å². The Kier molecular flexibility index (Phi) is 4.93. The molecule has 2 heterocycles. The number of carbonyl (C=O) groups excluding carboxylic acids is 1. The molecule has 6 heteroatoms. The highest BCUT2D eigenvalue weighted by molar-refractivity contribution is 5.83. The molecule has 1 aliphatic heterocycles. The molecule has 6 nitrogen and oxygen atoms in total. The second kappa shape index (κ2) is 7.29. The monoisotopic (exact) mass is 327 g/mol. The van der Waals surface area contributed by atoms with Crippen LogP contribution < -0.4 is 0 Å². The molecule has 1 saturated heterocycles. The van der Waals surface area contributed by atoms with Crippen molar-refractivity contribution < 1.29 is 14.7 Å². The number of carboxylic acid groups (broad SMARTS) is 1. The van der Waals surface area contributed by atoms with Crippen molar-refractivity contribution in [3.63, 3.8) is 0 Å². The van der Waals surface area contributed by atoms with Gasteiger partial charge in [0.25, 0.3) is 5.91 Å². The summed E-state index contributed by atoms with van der Waals surface area (Å²) < 4.78 is 1.68. The second-order valence-electron chi connectivity index (χ2n) is 6.17. The molecule has 0 bridgehead atoms. The predicted octanol–water partition coefficient (Wildman–Crippen LogP) is 2.19. The minimum absolute atomic E-state index is 0.0127. The first-order valence-corrected chi connectivity index (χ1v) is 8.20. The number of hydrogen-bond donors (Lipinski definition) is 1. The molecule has 1 N–H and O–H groups in total. The van der Waals surface area contributed by atoms with Gasteiger partial charge in [0.15, 0.2) is 6.04 Å². The Morgan fingerprint density at radius 1 is 1.17 bits per heavy atom. The maximum atomic E-state index is 13.1. The van der Waals surface area contributed by atoms with Crippen molar-refractivity contribution in [3.05, 3.63) is 54.4 Å². The number of nitrogens with zero attached hydrogens (tertiary/aromatic N) is 3. The van der Waals surface area contributed by atoms with Crippen LogP contribution in [-0.4, -0.2) is 44.8 Å². The fourth-order valence-electron chi connectivity index (χ4n) is 3.25. The number of rotatable bonds is 5. The zero-order chi connectivity index (χ0) is 16.9. The molecule has 0 saturated carbocycles. The molecule has 1 atom stereocenters. The Morgan fingerprint density at radius 2 is 1.88 bits per heavy atom. The lowest BCUT2D eigenvalue weighted by Gasteiger charge is -2.34. The quantitative estimate of drug-likeness (QED) is 0.913. The Balaban J connectivity index is 1.75. The van der Waals surface area contributed by atoms with Crippen LogP contribution in [0.4, 0.5) is 0 Å². The van der Waals surface area contributed by atoms with Crippen LogP contribution in [0.3, 0.4) is 0 Å². The van der Waals surface area contributed by atoms with Crippen LogP contribution in [0, 0.1) is 5.92 Å². The van der Waals surface area contributed by atoms with Crippen molar-refractivity contribution in [3.8, 4) is 0 Å². The smallest absolute Gasteiger partial charge is 0.303 e. The number of hydrogen-bond acceptors (Lipinski definition) is 3. The molecule has 1 aliphatic rings. The molecule has 0 radical (unpaired) electrons. The number of aliphatic carboxylic acids is 1. The van der Waals surface area contributed by atoms with Crippen LogP contribution in [0.5, 0.6) is 0 Å². The summed E-state index contributed by atoms with van der Waals surface area (Å²) in [6.45, 7) is 1.20. The first-order chi connectivity index (χ1) is 11.6. The topological polar surface area (TPSA) is 75.4 Å². The molecule has 1 aromatic carbocycles. The summed E-state index contributed by atoms with van der Waals surface area (Å²) in [7, 11) is 0. The Hall–Kier alpha value is -2.63. The van der Waals surface area contributed by atoms with Gasteiger partial charge in [-0.1, -0.05) is 30.3 Å². The van der Waals surface area contributed by atoms with Gasteiger partial charge in [0.2, 0.25) is 0 Å². The number of amides is 1. The van der Waals surface area contributed by atoms with Gasteiger partial charge in [-0.2, -0.15) is 5.10 Å². The molecule has 24 heavy (non-hydrogen) atoms. The second-order valence-corrected chi connectivity index (χ2v) is 6.17. The van der Waals surface area contributed by atoms with Gasteiger partial charge in [0.05, 0.1) is 0 Å². The van der Waals surface area contributed by atoms with Crippen LogP contribution in [0.1, 0.15) is 30.9 Å². The van der Waals surface area contributed by atoms with Crippen molar-refractivity contribution in [1.29, 1.82) is 0 Å². The summed E-state index contributed by atoms with van der Waals surface area (Å²) in [4.78, 5) is 25.7. The number of likely N-dealkylation sites (tertiary alicyclic amines) is 1. The zero-order valence-electron chi connectivity index (χ0n) is 13.4. The van der Waals surface area contributed by atoms with E-state index < -0.39 is 12.0 Å². The number of carboxylic acids is 1. The third-order valence-electron chi connectivity index (χ3n) is 4.53. The summed E-state index contributed by atoms with van der Waals surface area (Å²) in [6.07, 6.45) is 5.12. The molecule has 1 fully saturated rings. The van der Waals surface area contributed by atoms with E-state index in [1.54, 1.807) is 17.1 Å². The van der Waals surface area contributed by atoms with Gasteiger partial charge in [-0.3, -0.25) is 14.3 Å². The average molecular weight is 327 g/mol. The van der Waals surface area contributed by atoms with E-state index in [9.17, 15) is 9.59 Å². The molecule has 2 aromatic rings. The third kappa shape index (κ3) is 3.64. The minimum Gasteiger partial charge on any atom is -0.481 e. The van der Waals surface area contributed by atoms with Gasteiger partial charge in [0.1, 0.15) is 0 Å². The maximum absolute atomic E-state index is 13.1. The van der Waals surface area contributed by atoms with Crippen LogP contribution in [-0.2, 0) is 9.59 Å². The molecule has 126 valence electrons. The number of benzene rings is 1. The Morgan fingerprint density at radius 3 is 2.46 bits per heavy atom. The van der Waals surface area contributed by atoms with E-state index in [0.29, 0.717) is 13.1 Å². The minimum atomic E-state index is -0.765. The molecule has 0 aliphatic carbocycles. The van der Waals surface area contributed by atoms with E-state index in [-0.39, 0.29) is 18.2 Å². The molecule has 0 spiro atoms. The van der Waals surface area contributed by atoms with Gasteiger partial charge in [-0.05, 0) is 30.4 Å². The highest BCUT2D eigenvalue weighted by atomic mass is 16.4. The van der Waals surface area contributed by atoms with Gasteiger partial charge >= 0.3 is 5.97 Å². The third-order valence-corrected chi connectivity index (χ3v) is 4.53. The standard InChI is InChI=1S/C18H21N3O3/c22-16(23)13-14-7-11-20(12-8-14)18(24)17(21-10-4-9-19-21)15-5-2-1-3-6-15/h1-6,9-10,14,17H,7-8,11-13H2,(H,22,23). The summed E-state index contributed by atoms with van der Waals surface area (Å²) in [6, 6.07) is 10.9. The predicted molar refractivity (Wildman–Crippen MR) is 88.4 cm³/mol. The van der Waals surface area contributed by atoms with Crippen molar-refractivity contribution in [1.82, 2.24) is 14.7 Å². The van der Waals surface area contributed by atoms with Crippen LogP contribution >= 0.6 is 0 Å². The number of aromatic nitrogens is 2. The maximum Gasteiger partial charge on any atom is 0.303 e. The molecule has 1 amide bonds. The van der Waals surface area contributed by atoms with Gasteiger partial charge < -0.3 is 10.0 Å². The molecule has 1 aromatic heterocycles. The molecular weight excluding hydrogens is 306 g/mol. The SMILES string of the molecule is O=C(O)CC1CCN(C(=O)C(c2ccccc2)n2cccn2)CC1. The highest BCUT2D eigenvalue weighted by Crippen LogP contribution is 2.25. The van der Waals surface area contributed by atoms with E-state index in [2.05, 4.69) is 5.10 Å². The van der Waals surface area contributed by atoms with Gasteiger partial charge in [0, 0.05) is 31.9 Å². The largest absolute Gasteiger partial charge is 0.481 e. The number of carbonyl (C=O) groups is 2. The van der Waals surface area contributed by atoms with Crippen molar-refractivity contribution in [2.45, 2.75) is 25.3 Å². The first-order valence-electron chi connectivity index (χ1n) is 8.20. The average Bonchev–Trinajstić information content (AvgIpc) is 3.10. The molecular formula is C18H21N3O3. The summed E-state index contributed by atoms with van der Waals surface area (Å²) in [5.74, 6) is -0.594. The van der Waals surface area contributed by atoms with E-state index in [0.717, 1.165) is 18.4 Å². The fraction of sp³-hybridized carbons (Fsp3) is 0.389. The van der Waals surface area contributed by atoms with E-state index in [1.807, 2.05) is 41.3 Å². The van der Waals surface area contributed by atoms with E-state index in [4.69, 9.17) is 5.11 Å². The van der Waals surface area contributed by atoms with Gasteiger partial charge in [-0.25, -0.2) is 0 Å². The highest BCUT2D eigenvalue weighted by Gasteiger charge is 2.31. The first kappa shape index (κ1) is 16.2. The van der Waals surface area contributed by atoms with E-state index in [1.165, 1.54) is 0 Å². The van der Waals surface area contributed by atoms with Gasteiger partial charge in [-0.15, -0.1) is 0 Å². The lowest BCUT2D eigenvalue weighted by molar-refractivity contribution is -0.139. The summed E-state index contributed by atoms with van der Waals surface area (Å²) in [5.41, 5.74) is 0.902. The normalized spacial score (nSPS) is 16.8. The molecule has 1 unspecified atom stereocenters. The zero-order valence-corrected chi connectivity index (χ0v) is 13.4. The van der Waals surface area contributed by atoms with Crippen molar-refractivity contribution in [2.75, 3.05) is 13.1 Å². The van der Waals surface area contributed by atoms with E-state index >= 15 is 0 Å². The lowest BCUT2D eigenvalue weighted by atomic mass is 9.93. The summed E-state index contributed by atoms with van der Waals surface area (Å²) in [5, 5.41) is 13.2.